The van der Waals surface area contributed by atoms with Crippen LogP contribution in [0.3, 0.4) is 0 Å². The molecule has 0 radical (unpaired) electrons. The quantitative estimate of drug-likeness (QED) is 0.453. The van der Waals surface area contributed by atoms with Crippen molar-refractivity contribution in [1.29, 1.82) is 0 Å². The third-order valence-electron chi connectivity index (χ3n) is 4.48. The molecule has 0 aromatic carbocycles. The Hall–Kier alpha value is -2.19. The van der Waals surface area contributed by atoms with Gasteiger partial charge in [0.05, 0.1) is 38.0 Å². The molecule has 3 rings (SSSR count). The normalized spacial score (nSPS) is 14.9. The van der Waals surface area contributed by atoms with Crippen molar-refractivity contribution in [2.75, 3.05) is 46.3 Å². The maximum atomic E-state index is 12.7. The van der Waals surface area contributed by atoms with Crippen LogP contribution in [0.5, 0.6) is 0 Å². The monoisotopic (exact) mass is 487 g/mol. The summed E-state index contributed by atoms with van der Waals surface area (Å²) in [6, 6.07) is 3.05. The van der Waals surface area contributed by atoms with Gasteiger partial charge >= 0.3 is 11.9 Å². The first-order chi connectivity index (χ1) is 14.8. The molecule has 0 spiro atoms. The predicted molar refractivity (Wildman–Crippen MR) is 115 cm³/mol. The number of hydrogen-bond acceptors (Lipinski definition) is 11. The molecule has 0 unspecified atom stereocenters. The van der Waals surface area contributed by atoms with Crippen molar-refractivity contribution >= 4 is 50.1 Å². The van der Waals surface area contributed by atoms with Crippen molar-refractivity contribution in [3.63, 3.8) is 0 Å². The standard InChI is InChI=1S/C18H21N3O7S3/c1-26-17(22)14-12(15(18(23)27-2)30-16(14)19)10-29-13-4-3-11(9-20-13)31(24,25)21-5-7-28-8-6-21/h3-4,9H,5-8,10,19H2,1-2H3. The second-order valence-corrected chi connectivity index (χ2v) is 10.3. The fourth-order valence-corrected chi connectivity index (χ4v) is 6.20. The number of methoxy groups -OCH3 is 2. The number of thiophene rings is 1. The van der Waals surface area contributed by atoms with Crippen LogP contribution in [0.4, 0.5) is 5.00 Å². The van der Waals surface area contributed by atoms with E-state index in [0.29, 0.717) is 36.9 Å². The Morgan fingerprint density at radius 1 is 1.23 bits per heavy atom. The summed E-state index contributed by atoms with van der Waals surface area (Å²) < 4.78 is 41.5. The third kappa shape index (κ3) is 5.01. The lowest BCUT2D eigenvalue weighted by Gasteiger charge is -2.25. The van der Waals surface area contributed by atoms with Gasteiger partial charge < -0.3 is 19.9 Å². The Morgan fingerprint density at radius 3 is 2.48 bits per heavy atom. The number of esters is 2. The lowest BCUT2D eigenvalue weighted by atomic mass is 10.1. The van der Waals surface area contributed by atoms with Crippen molar-refractivity contribution in [1.82, 2.24) is 9.29 Å². The minimum Gasteiger partial charge on any atom is -0.465 e. The lowest BCUT2D eigenvalue weighted by molar-refractivity contribution is 0.0601. The van der Waals surface area contributed by atoms with Gasteiger partial charge in [-0.1, -0.05) is 0 Å². The van der Waals surface area contributed by atoms with E-state index < -0.39 is 22.0 Å². The molecule has 1 aliphatic heterocycles. The highest BCUT2D eigenvalue weighted by Gasteiger charge is 2.28. The van der Waals surface area contributed by atoms with E-state index in [1.54, 1.807) is 6.07 Å². The maximum absolute atomic E-state index is 12.7. The second-order valence-electron chi connectivity index (χ2n) is 6.27. The van der Waals surface area contributed by atoms with Gasteiger partial charge in [-0.25, -0.2) is 23.0 Å². The Morgan fingerprint density at radius 2 is 1.90 bits per heavy atom. The highest BCUT2D eigenvalue weighted by atomic mass is 32.2. The molecule has 2 N–H and O–H groups in total. The van der Waals surface area contributed by atoms with Crippen LogP contribution in [0.1, 0.15) is 25.6 Å². The molecular weight excluding hydrogens is 466 g/mol. The SMILES string of the molecule is COC(=O)c1sc(N)c(C(=O)OC)c1CSc1ccc(S(=O)(=O)N2CCOCC2)cn1. The number of morpholine rings is 1. The van der Waals surface area contributed by atoms with Crippen molar-refractivity contribution < 1.29 is 32.2 Å². The van der Waals surface area contributed by atoms with E-state index >= 15 is 0 Å². The number of pyridine rings is 1. The first-order valence-electron chi connectivity index (χ1n) is 9.04. The lowest BCUT2D eigenvalue weighted by Crippen LogP contribution is -2.40. The molecule has 2 aromatic heterocycles. The van der Waals surface area contributed by atoms with Crippen LogP contribution in [-0.4, -0.2) is 70.2 Å². The number of nitrogen functional groups attached to an aromatic ring is 1. The zero-order chi connectivity index (χ0) is 22.6. The summed E-state index contributed by atoms with van der Waals surface area (Å²) in [5, 5.41) is 0.667. The summed E-state index contributed by atoms with van der Waals surface area (Å²) in [6.45, 7) is 1.31. The number of ether oxygens (including phenoxy) is 3. The van der Waals surface area contributed by atoms with Gasteiger partial charge in [0.2, 0.25) is 10.0 Å². The summed E-state index contributed by atoms with van der Waals surface area (Å²) in [4.78, 5) is 28.8. The average Bonchev–Trinajstić information content (AvgIpc) is 3.13. The van der Waals surface area contributed by atoms with Crippen LogP contribution in [0, 0.1) is 0 Å². The number of carbonyl (C=O) groups excluding carboxylic acids is 2. The van der Waals surface area contributed by atoms with E-state index in [1.165, 1.54) is 42.5 Å². The summed E-state index contributed by atoms with van der Waals surface area (Å²) in [5.41, 5.74) is 6.43. The molecule has 1 fully saturated rings. The molecule has 1 saturated heterocycles. The summed E-state index contributed by atoms with van der Waals surface area (Å²) in [6.07, 6.45) is 1.29. The van der Waals surface area contributed by atoms with Gasteiger partial charge in [-0.15, -0.1) is 23.1 Å². The summed E-state index contributed by atoms with van der Waals surface area (Å²) in [7, 11) is -1.18. The molecule has 3 heterocycles. The van der Waals surface area contributed by atoms with Crippen LogP contribution in [0.15, 0.2) is 28.3 Å². The van der Waals surface area contributed by atoms with Crippen molar-refractivity contribution in [3.8, 4) is 0 Å². The van der Waals surface area contributed by atoms with E-state index in [2.05, 4.69) is 4.98 Å². The largest absolute Gasteiger partial charge is 0.465 e. The molecule has 0 amide bonds. The Kier molecular flexibility index (Phi) is 7.54. The topological polar surface area (TPSA) is 138 Å². The minimum absolute atomic E-state index is 0.0871. The minimum atomic E-state index is -3.64. The molecule has 0 aliphatic carbocycles. The van der Waals surface area contributed by atoms with Crippen LogP contribution in [-0.2, 0) is 30.0 Å². The van der Waals surface area contributed by atoms with E-state index in [9.17, 15) is 18.0 Å². The molecule has 13 heteroatoms. The maximum Gasteiger partial charge on any atom is 0.348 e. The smallest absolute Gasteiger partial charge is 0.348 e. The summed E-state index contributed by atoms with van der Waals surface area (Å²) in [5.74, 6) is -1.08. The van der Waals surface area contributed by atoms with Crippen LogP contribution < -0.4 is 5.73 Å². The molecule has 0 atom stereocenters. The summed E-state index contributed by atoms with van der Waals surface area (Å²) >= 11 is 2.17. The van der Waals surface area contributed by atoms with Gasteiger partial charge in [0.1, 0.15) is 14.8 Å². The van der Waals surface area contributed by atoms with Crippen LogP contribution in [0.2, 0.25) is 0 Å². The van der Waals surface area contributed by atoms with Gasteiger partial charge in [-0.3, -0.25) is 0 Å². The van der Waals surface area contributed by atoms with Gasteiger partial charge in [0.25, 0.3) is 0 Å². The highest BCUT2D eigenvalue weighted by Crippen LogP contribution is 2.36. The zero-order valence-electron chi connectivity index (χ0n) is 16.8. The third-order valence-corrected chi connectivity index (χ3v) is 8.37. The molecular formula is C18H21N3O7S3. The number of carbonyl (C=O) groups is 2. The fourth-order valence-electron chi connectivity index (χ4n) is 2.89. The number of thioether (sulfide) groups is 1. The molecule has 31 heavy (non-hydrogen) atoms. The number of nitrogens with zero attached hydrogens (tertiary/aromatic N) is 2. The van der Waals surface area contributed by atoms with E-state index in [0.717, 1.165) is 11.3 Å². The zero-order valence-corrected chi connectivity index (χ0v) is 19.3. The second kappa shape index (κ2) is 9.96. The number of aromatic nitrogens is 1. The molecule has 1 aliphatic rings. The molecule has 0 bridgehead atoms. The molecule has 2 aromatic rings. The predicted octanol–water partition coefficient (Wildman–Crippen LogP) is 1.61. The van der Waals surface area contributed by atoms with E-state index in [1.807, 2.05) is 0 Å². The highest BCUT2D eigenvalue weighted by molar-refractivity contribution is 7.98. The molecule has 168 valence electrons. The van der Waals surface area contributed by atoms with Gasteiger partial charge in [0, 0.05) is 30.6 Å². The Labute approximate surface area is 187 Å². The molecule has 0 saturated carbocycles. The van der Waals surface area contributed by atoms with E-state index in [-0.39, 0.29) is 26.1 Å². The van der Waals surface area contributed by atoms with Gasteiger partial charge in [-0.2, -0.15) is 4.31 Å². The Balaban J connectivity index is 1.80. The number of sulfonamides is 1. The van der Waals surface area contributed by atoms with Gasteiger partial charge in [-0.05, 0) is 12.1 Å². The fraction of sp³-hybridized carbons (Fsp3) is 0.389. The first-order valence-corrected chi connectivity index (χ1v) is 12.3. The van der Waals surface area contributed by atoms with E-state index in [4.69, 9.17) is 19.9 Å². The van der Waals surface area contributed by atoms with Crippen molar-refractivity contribution in [2.24, 2.45) is 0 Å². The van der Waals surface area contributed by atoms with Crippen LogP contribution in [0.25, 0.3) is 0 Å². The average molecular weight is 488 g/mol. The first kappa shape index (κ1) is 23.5. The van der Waals surface area contributed by atoms with Crippen molar-refractivity contribution in [3.05, 3.63) is 34.3 Å². The number of anilines is 1. The number of rotatable bonds is 7. The number of nitrogens with two attached hydrogens (primary N) is 1. The van der Waals surface area contributed by atoms with Crippen molar-refractivity contribution in [2.45, 2.75) is 15.7 Å². The Bertz CT molecular complexity index is 1060. The number of hydrogen-bond donors (Lipinski definition) is 1. The van der Waals surface area contributed by atoms with Crippen LogP contribution >= 0.6 is 23.1 Å². The van der Waals surface area contributed by atoms with Gasteiger partial charge in [0.15, 0.2) is 0 Å². The molecule has 10 nitrogen and oxygen atoms in total.